The Labute approximate surface area is 185 Å². The number of nitrogens with one attached hydrogen (secondary N) is 1. The smallest absolute Gasteiger partial charge is 0.329 e. The SMILES string of the molecule is COc1ccc(N2CCN(Cc3nc4c(c(=O)[nH]c(=O)n4C)n3[C@H](C)C(C)=O)CC2)cc1. The third-order valence-corrected chi connectivity index (χ3v) is 6.17. The van der Waals surface area contributed by atoms with Crippen LogP contribution in [0.1, 0.15) is 25.7 Å². The normalized spacial score (nSPS) is 15.8. The number of carbonyl (C=O) groups is 1. The first-order valence-corrected chi connectivity index (χ1v) is 10.6. The maximum absolute atomic E-state index is 12.6. The van der Waals surface area contributed by atoms with Crippen LogP contribution < -0.4 is 20.9 Å². The van der Waals surface area contributed by atoms with Crippen LogP contribution in [0.4, 0.5) is 5.69 Å². The van der Waals surface area contributed by atoms with E-state index in [4.69, 9.17) is 4.74 Å². The standard InChI is InChI=1S/C22H28N6O4/c1-14(15(2)29)28-18(23-20-19(28)21(30)24-22(31)25(20)3)13-26-9-11-27(12-10-26)16-5-7-17(32-4)8-6-16/h5-8,14H,9-13H2,1-4H3,(H,24,30,31)/t14-/m1/s1. The van der Waals surface area contributed by atoms with Gasteiger partial charge >= 0.3 is 5.69 Å². The lowest BCUT2D eigenvalue weighted by molar-refractivity contribution is -0.119. The topological polar surface area (TPSA) is 105 Å². The van der Waals surface area contributed by atoms with Crippen molar-refractivity contribution in [2.45, 2.75) is 26.4 Å². The van der Waals surface area contributed by atoms with E-state index < -0.39 is 17.3 Å². The first-order chi connectivity index (χ1) is 15.3. The highest BCUT2D eigenvalue weighted by molar-refractivity contribution is 5.82. The number of H-pyrrole nitrogens is 1. The molecule has 0 radical (unpaired) electrons. The Morgan fingerprint density at radius 1 is 1.16 bits per heavy atom. The average molecular weight is 441 g/mol. The number of anilines is 1. The lowest BCUT2D eigenvalue weighted by Gasteiger charge is -2.36. The summed E-state index contributed by atoms with van der Waals surface area (Å²) in [4.78, 5) is 48.3. The van der Waals surface area contributed by atoms with Crippen LogP contribution in [0.3, 0.4) is 0 Å². The molecule has 170 valence electrons. The number of aromatic nitrogens is 4. The minimum atomic E-state index is -0.561. The van der Waals surface area contributed by atoms with Crippen molar-refractivity contribution in [2.75, 3.05) is 38.2 Å². The minimum absolute atomic E-state index is 0.0804. The maximum Gasteiger partial charge on any atom is 0.329 e. The van der Waals surface area contributed by atoms with Gasteiger partial charge in [-0.1, -0.05) is 0 Å². The summed E-state index contributed by atoms with van der Waals surface area (Å²) in [6.45, 7) is 7.01. The number of aromatic amines is 1. The molecular formula is C22H28N6O4. The maximum atomic E-state index is 12.6. The van der Waals surface area contributed by atoms with Crippen LogP contribution in [0.25, 0.3) is 11.2 Å². The summed E-state index contributed by atoms with van der Waals surface area (Å²) < 4.78 is 8.21. The summed E-state index contributed by atoms with van der Waals surface area (Å²) >= 11 is 0. The Balaban J connectivity index is 1.59. The van der Waals surface area contributed by atoms with Gasteiger partial charge in [-0.25, -0.2) is 9.78 Å². The van der Waals surface area contributed by atoms with Crippen LogP contribution >= 0.6 is 0 Å². The van der Waals surface area contributed by atoms with E-state index in [9.17, 15) is 14.4 Å². The Morgan fingerprint density at radius 2 is 1.81 bits per heavy atom. The number of Topliss-reactive ketones (excluding diaryl/α,β-unsaturated/α-hetero) is 1. The summed E-state index contributed by atoms with van der Waals surface area (Å²) in [6.07, 6.45) is 0. The molecule has 1 aliphatic heterocycles. The second kappa shape index (κ2) is 8.62. The van der Waals surface area contributed by atoms with Crippen molar-refractivity contribution >= 4 is 22.6 Å². The summed E-state index contributed by atoms with van der Waals surface area (Å²) in [5, 5.41) is 0. The fourth-order valence-corrected chi connectivity index (χ4v) is 4.11. The van der Waals surface area contributed by atoms with E-state index in [2.05, 4.69) is 31.9 Å². The van der Waals surface area contributed by atoms with Crippen LogP contribution in [0, 0.1) is 0 Å². The Hall–Kier alpha value is -3.40. The molecule has 1 fully saturated rings. The molecular weight excluding hydrogens is 412 g/mol. The molecule has 1 atom stereocenters. The monoisotopic (exact) mass is 440 g/mol. The summed E-state index contributed by atoms with van der Waals surface area (Å²) in [7, 11) is 3.22. The van der Waals surface area contributed by atoms with Gasteiger partial charge in [-0.3, -0.25) is 24.0 Å². The van der Waals surface area contributed by atoms with Gasteiger partial charge < -0.3 is 14.2 Å². The molecule has 0 aliphatic carbocycles. The van der Waals surface area contributed by atoms with Gasteiger partial charge in [0.15, 0.2) is 16.9 Å². The number of piperazine rings is 1. The predicted octanol–water partition coefficient (Wildman–Crippen LogP) is 0.904. The van der Waals surface area contributed by atoms with Gasteiger partial charge in [-0.05, 0) is 38.1 Å². The molecule has 1 N–H and O–H groups in total. The number of fused-ring (bicyclic) bond motifs is 1. The van der Waals surface area contributed by atoms with Crippen LogP contribution in [-0.2, 0) is 18.4 Å². The molecule has 10 heteroatoms. The van der Waals surface area contributed by atoms with Gasteiger partial charge in [-0.2, -0.15) is 0 Å². The molecule has 10 nitrogen and oxygen atoms in total. The lowest BCUT2D eigenvalue weighted by atomic mass is 10.2. The predicted molar refractivity (Wildman–Crippen MR) is 121 cm³/mol. The Kier molecular flexibility index (Phi) is 5.88. The van der Waals surface area contributed by atoms with Gasteiger partial charge in [0.1, 0.15) is 11.6 Å². The zero-order valence-corrected chi connectivity index (χ0v) is 18.8. The molecule has 3 heterocycles. The first-order valence-electron chi connectivity index (χ1n) is 10.6. The highest BCUT2D eigenvalue weighted by Crippen LogP contribution is 2.23. The van der Waals surface area contributed by atoms with Crippen LogP contribution in [-0.4, -0.2) is 63.1 Å². The van der Waals surface area contributed by atoms with Gasteiger partial charge in [-0.15, -0.1) is 0 Å². The number of benzene rings is 1. The van der Waals surface area contributed by atoms with Gasteiger partial charge in [0.05, 0.1) is 19.7 Å². The van der Waals surface area contributed by atoms with Crippen molar-refractivity contribution in [2.24, 2.45) is 7.05 Å². The number of ether oxygens (including phenoxy) is 1. The minimum Gasteiger partial charge on any atom is -0.497 e. The number of methoxy groups -OCH3 is 1. The molecule has 3 aromatic rings. The van der Waals surface area contributed by atoms with Crippen molar-refractivity contribution in [1.82, 2.24) is 24.0 Å². The quantitative estimate of drug-likeness (QED) is 0.607. The van der Waals surface area contributed by atoms with E-state index in [1.165, 1.54) is 11.5 Å². The third kappa shape index (κ3) is 3.93. The molecule has 4 rings (SSSR count). The van der Waals surface area contributed by atoms with E-state index in [1.807, 2.05) is 12.1 Å². The van der Waals surface area contributed by atoms with Crippen LogP contribution in [0.5, 0.6) is 5.75 Å². The summed E-state index contributed by atoms with van der Waals surface area (Å²) in [6, 6.07) is 7.45. The van der Waals surface area contributed by atoms with Crippen molar-refractivity contribution in [3.8, 4) is 5.75 Å². The summed E-state index contributed by atoms with van der Waals surface area (Å²) in [5.41, 5.74) is 0.631. The highest BCUT2D eigenvalue weighted by atomic mass is 16.5. The average Bonchev–Trinajstić information content (AvgIpc) is 3.17. The fraction of sp³-hybridized carbons (Fsp3) is 0.455. The Bertz CT molecular complexity index is 1250. The fourth-order valence-electron chi connectivity index (χ4n) is 4.11. The molecule has 0 unspecified atom stereocenters. The second-order valence-electron chi connectivity index (χ2n) is 8.14. The van der Waals surface area contributed by atoms with E-state index in [0.29, 0.717) is 18.0 Å². The highest BCUT2D eigenvalue weighted by Gasteiger charge is 2.26. The van der Waals surface area contributed by atoms with Crippen LogP contribution in [0.15, 0.2) is 33.9 Å². The molecule has 1 saturated heterocycles. The van der Waals surface area contributed by atoms with Gasteiger partial charge in [0.25, 0.3) is 5.56 Å². The molecule has 0 spiro atoms. The number of aryl methyl sites for hydroxylation is 1. The van der Waals surface area contributed by atoms with Crippen LogP contribution in [0.2, 0.25) is 0 Å². The molecule has 1 aromatic carbocycles. The molecule has 0 amide bonds. The van der Waals surface area contributed by atoms with E-state index in [1.54, 1.807) is 25.6 Å². The zero-order valence-electron chi connectivity index (χ0n) is 18.8. The molecule has 32 heavy (non-hydrogen) atoms. The number of ketones is 1. The molecule has 2 aromatic heterocycles. The van der Waals surface area contributed by atoms with Crippen molar-refractivity contribution < 1.29 is 9.53 Å². The molecule has 0 bridgehead atoms. The van der Waals surface area contributed by atoms with Gasteiger partial charge in [0.2, 0.25) is 0 Å². The number of hydrogen-bond acceptors (Lipinski definition) is 7. The summed E-state index contributed by atoms with van der Waals surface area (Å²) in [5.74, 6) is 1.35. The third-order valence-electron chi connectivity index (χ3n) is 6.17. The van der Waals surface area contributed by atoms with Crippen molar-refractivity contribution in [1.29, 1.82) is 0 Å². The van der Waals surface area contributed by atoms with Gasteiger partial charge in [0, 0.05) is 38.9 Å². The lowest BCUT2D eigenvalue weighted by Crippen LogP contribution is -2.46. The number of rotatable bonds is 6. The number of imidazole rings is 1. The van der Waals surface area contributed by atoms with E-state index in [-0.39, 0.29) is 11.3 Å². The first kappa shape index (κ1) is 21.8. The largest absolute Gasteiger partial charge is 0.497 e. The molecule has 0 saturated carbocycles. The molecule has 1 aliphatic rings. The zero-order chi connectivity index (χ0) is 23.0. The van der Waals surface area contributed by atoms with Crippen molar-refractivity contribution in [3.63, 3.8) is 0 Å². The number of carbonyl (C=O) groups excluding carboxylic acids is 1. The Morgan fingerprint density at radius 3 is 2.41 bits per heavy atom. The van der Waals surface area contributed by atoms with E-state index in [0.717, 1.165) is 37.6 Å². The second-order valence-corrected chi connectivity index (χ2v) is 8.14. The van der Waals surface area contributed by atoms with E-state index >= 15 is 0 Å². The number of hydrogen-bond donors (Lipinski definition) is 1. The number of nitrogens with zero attached hydrogens (tertiary/aromatic N) is 5. The van der Waals surface area contributed by atoms with Crippen molar-refractivity contribution in [3.05, 3.63) is 50.9 Å².